The molecule has 0 heterocycles. The predicted octanol–water partition coefficient (Wildman–Crippen LogP) is 0.172. The van der Waals surface area contributed by atoms with Crippen molar-refractivity contribution in [2.45, 2.75) is 26.8 Å². The van der Waals surface area contributed by atoms with Crippen molar-refractivity contribution in [1.82, 2.24) is 10.2 Å². The summed E-state index contributed by atoms with van der Waals surface area (Å²) in [6.07, 6.45) is 1.08. The SMILES string of the molecule is CN(CCS(C)(=O)=O)C(=O)NC(C(=O)O)C(C)(C)C. The topological polar surface area (TPSA) is 104 Å². The Morgan fingerprint density at radius 1 is 1.32 bits per heavy atom. The number of nitrogens with zero attached hydrogens (tertiary/aromatic N) is 1. The van der Waals surface area contributed by atoms with Gasteiger partial charge < -0.3 is 15.3 Å². The van der Waals surface area contributed by atoms with Crippen LogP contribution in [0, 0.1) is 5.41 Å². The number of carboxylic acid groups (broad SMARTS) is 1. The molecule has 19 heavy (non-hydrogen) atoms. The molecule has 0 aromatic carbocycles. The highest BCUT2D eigenvalue weighted by atomic mass is 32.2. The quantitative estimate of drug-likeness (QED) is 0.752. The highest BCUT2D eigenvalue weighted by molar-refractivity contribution is 7.90. The van der Waals surface area contributed by atoms with E-state index >= 15 is 0 Å². The van der Waals surface area contributed by atoms with Gasteiger partial charge in [-0.1, -0.05) is 20.8 Å². The summed E-state index contributed by atoms with van der Waals surface area (Å²) in [4.78, 5) is 24.0. The van der Waals surface area contributed by atoms with Gasteiger partial charge >= 0.3 is 12.0 Å². The van der Waals surface area contributed by atoms with Crippen molar-refractivity contribution in [3.8, 4) is 0 Å². The molecule has 0 aromatic rings. The Morgan fingerprint density at radius 2 is 1.79 bits per heavy atom. The number of aliphatic carboxylic acids is 1. The molecule has 0 saturated carbocycles. The van der Waals surface area contributed by atoms with E-state index in [1.54, 1.807) is 20.8 Å². The second kappa shape index (κ2) is 6.23. The van der Waals surface area contributed by atoms with E-state index in [9.17, 15) is 18.0 Å². The van der Waals surface area contributed by atoms with Gasteiger partial charge in [-0.25, -0.2) is 18.0 Å². The Hall–Kier alpha value is -1.31. The number of rotatable bonds is 5. The third-order valence-electron chi connectivity index (χ3n) is 2.52. The Balaban J connectivity index is 4.62. The largest absolute Gasteiger partial charge is 0.480 e. The summed E-state index contributed by atoms with van der Waals surface area (Å²) in [5, 5.41) is 11.5. The minimum atomic E-state index is -3.16. The van der Waals surface area contributed by atoms with Crippen LogP contribution in [0.15, 0.2) is 0 Å². The summed E-state index contributed by atoms with van der Waals surface area (Å²) >= 11 is 0. The molecule has 0 aliphatic rings. The molecular formula is C11H22N2O5S. The van der Waals surface area contributed by atoms with Crippen LogP contribution in [-0.2, 0) is 14.6 Å². The van der Waals surface area contributed by atoms with E-state index in [4.69, 9.17) is 5.11 Å². The summed E-state index contributed by atoms with van der Waals surface area (Å²) in [5.74, 6) is -1.29. The molecule has 0 aromatic heterocycles. The van der Waals surface area contributed by atoms with Gasteiger partial charge in [-0.3, -0.25) is 0 Å². The molecule has 112 valence electrons. The fraction of sp³-hybridized carbons (Fsp3) is 0.818. The molecule has 0 radical (unpaired) electrons. The summed E-state index contributed by atoms with van der Waals surface area (Å²) in [6.45, 7) is 5.11. The zero-order chi connectivity index (χ0) is 15.4. The van der Waals surface area contributed by atoms with Gasteiger partial charge in [0.15, 0.2) is 0 Å². The number of carbonyl (C=O) groups excluding carboxylic acids is 1. The van der Waals surface area contributed by atoms with E-state index in [2.05, 4.69) is 5.32 Å². The minimum Gasteiger partial charge on any atom is -0.480 e. The van der Waals surface area contributed by atoms with Crippen molar-refractivity contribution < 1.29 is 23.1 Å². The first kappa shape index (κ1) is 17.7. The van der Waals surface area contributed by atoms with E-state index in [0.717, 1.165) is 11.2 Å². The normalized spacial score (nSPS) is 13.7. The highest BCUT2D eigenvalue weighted by Gasteiger charge is 2.33. The van der Waals surface area contributed by atoms with Gasteiger partial charge in [0.05, 0.1) is 5.75 Å². The van der Waals surface area contributed by atoms with Crippen LogP contribution in [-0.4, -0.2) is 62.1 Å². The van der Waals surface area contributed by atoms with Gasteiger partial charge in [-0.05, 0) is 5.41 Å². The number of sulfone groups is 1. The molecule has 0 spiro atoms. The van der Waals surface area contributed by atoms with Crippen LogP contribution in [0.1, 0.15) is 20.8 Å². The molecular weight excluding hydrogens is 272 g/mol. The van der Waals surface area contributed by atoms with Crippen LogP contribution < -0.4 is 5.32 Å². The Labute approximate surface area is 113 Å². The number of amides is 2. The molecule has 1 atom stereocenters. The number of carboxylic acids is 1. The minimum absolute atomic E-state index is 0.0150. The van der Waals surface area contributed by atoms with Crippen LogP contribution in [0.4, 0.5) is 4.79 Å². The maximum absolute atomic E-state index is 11.8. The first-order chi connectivity index (χ1) is 8.34. The summed E-state index contributed by atoms with van der Waals surface area (Å²) in [7, 11) is -1.75. The maximum atomic E-state index is 11.8. The number of carbonyl (C=O) groups is 2. The molecule has 1 unspecified atom stereocenters. The van der Waals surface area contributed by atoms with Crippen LogP contribution in [0.2, 0.25) is 0 Å². The molecule has 0 fully saturated rings. The van der Waals surface area contributed by atoms with Crippen molar-refractivity contribution in [2.75, 3.05) is 25.6 Å². The van der Waals surface area contributed by atoms with E-state index in [-0.39, 0.29) is 12.3 Å². The number of nitrogens with one attached hydrogen (secondary N) is 1. The highest BCUT2D eigenvalue weighted by Crippen LogP contribution is 2.19. The van der Waals surface area contributed by atoms with Crippen LogP contribution in [0.5, 0.6) is 0 Å². The average molecular weight is 294 g/mol. The number of urea groups is 1. The summed E-state index contributed by atoms with van der Waals surface area (Å²) < 4.78 is 22.0. The maximum Gasteiger partial charge on any atom is 0.326 e. The van der Waals surface area contributed by atoms with Gasteiger partial charge in [0.1, 0.15) is 15.9 Å². The molecule has 0 saturated heterocycles. The third-order valence-corrected chi connectivity index (χ3v) is 3.45. The van der Waals surface area contributed by atoms with Crippen molar-refractivity contribution >= 4 is 21.8 Å². The lowest BCUT2D eigenvalue weighted by Gasteiger charge is -2.29. The van der Waals surface area contributed by atoms with E-state index in [0.29, 0.717) is 0 Å². The van der Waals surface area contributed by atoms with Gasteiger partial charge in [0, 0.05) is 19.8 Å². The standard InChI is InChI=1S/C11H22N2O5S/c1-11(2,3)8(9(14)15)12-10(16)13(4)6-7-19(5,17)18/h8H,6-7H2,1-5H3,(H,12,16)(H,14,15). The van der Waals surface area contributed by atoms with E-state index < -0.39 is 33.3 Å². The van der Waals surface area contributed by atoms with Crippen molar-refractivity contribution in [2.24, 2.45) is 5.41 Å². The molecule has 0 rings (SSSR count). The molecule has 0 aliphatic carbocycles. The Bertz CT molecular complexity index is 438. The summed E-state index contributed by atoms with van der Waals surface area (Å²) in [5.41, 5.74) is -0.640. The smallest absolute Gasteiger partial charge is 0.326 e. The first-order valence-corrected chi connectivity index (χ1v) is 7.83. The van der Waals surface area contributed by atoms with Gasteiger partial charge in [0.2, 0.25) is 0 Å². The zero-order valence-corrected chi connectivity index (χ0v) is 12.7. The lowest BCUT2D eigenvalue weighted by Crippen LogP contribution is -2.53. The van der Waals surface area contributed by atoms with Crippen LogP contribution in [0.25, 0.3) is 0 Å². The Morgan fingerprint density at radius 3 is 2.11 bits per heavy atom. The number of hydrogen-bond acceptors (Lipinski definition) is 4. The van der Waals surface area contributed by atoms with Crippen LogP contribution >= 0.6 is 0 Å². The second-order valence-corrected chi connectivity index (χ2v) is 7.90. The van der Waals surface area contributed by atoms with Gasteiger partial charge in [-0.15, -0.1) is 0 Å². The fourth-order valence-electron chi connectivity index (χ4n) is 1.29. The van der Waals surface area contributed by atoms with E-state index in [1.807, 2.05) is 0 Å². The molecule has 0 bridgehead atoms. The molecule has 2 amide bonds. The van der Waals surface area contributed by atoms with Gasteiger partial charge in [0.25, 0.3) is 0 Å². The first-order valence-electron chi connectivity index (χ1n) is 5.77. The average Bonchev–Trinajstić information content (AvgIpc) is 2.18. The molecule has 7 nitrogen and oxygen atoms in total. The molecule has 0 aliphatic heterocycles. The zero-order valence-electron chi connectivity index (χ0n) is 11.9. The van der Waals surface area contributed by atoms with Crippen LogP contribution in [0.3, 0.4) is 0 Å². The van der Waals surface area contributed by atoms with E-state index in [1.165, 1.54) is 7.05 Å². The van der Waals surface area contributed by atoms with Crippen molar-refractivity contribution in [3.63, 3.8) is 0 Å². The van der Waals surface area contributed by atoms with Crippen molar-refractivity contribution in [1.29, 1.82) is 0 Å². The predicted molar refractivity (Wildman–Crippen MR) is 71.8 cm³/mol. The monoisotopic (exact) mass is 294 g/mol. The third kappa shape index (κ3) is 7.00. The lowest BCUT2D eigenvalue weighted by atomic mass is 9.87. The summed E-state index contributed by atoms with van der Waals surface area (Å²) in [6, 6.07) is -1.65. The lowest BCUT2D eigenvalue weighted by molar-refractivity contribution is -0.142. The number of hydrogen-bond donors (Lipinski definition) is 2. The van der Waals surface area contributed by atoms with Crippen molar-refractivity contribution in [3.05, 3.63) is 0 Å². The second-order valence-electron chi connectivity index (χ2n) is 5.64. The Kier molecular flexibility index (Phi) is 5.80. The molecule has 8 heteroatoms. The van der Waals surface area contributed by atoms with Gasteiger partial charge in [-0.2, -0.15) is 0 Å². The fourth-order valence-corrected chi connectivity index (χ4v) is 1.89. The molecule has 2 N–H and O–H groups in total.